The summed E-state index contributed by atoms with van der Waals surface area (Å²) in [4.78, 5) is 0. The van der Waals surface area contributed by atoms with Gasteiger partial charge in [-0.1, -0.05) is 24.3 Å². The fraction of sp³-hybridized carbons (Fsp3) is 0.250. The number of benzene rings is 2. The van der Waals surface area contributed by atoms with E-state index in [-0.39, 0.29) is 12.1 Å². The Morgan fingerprint density at radius 3 is 1.23 bits per heavy atom. The van der Waals surface area contributed by atoms with Crippen LogP contribution in [0.15, 0.2) is 48.5 Å². The van der Waals surface area contributed by atoms with Crippen LogP contribution in [0.2, 0.25) is 0 Å². The third kappa shape index (κ3) is 2.82. The van der Waals surface area contributed by atoms with Gasteiger partial charge >= 0.3 is 18.3 Å². The van der Waals surface area contributed by atoms with Crippen LogP contribution in [0, 0.1) is 0 Å². The molecule has 0 radical (unpaired) electrons. The molecule has 0 saturated carbocycles. The first-order chi connectivity index (χ1) is 11.7. The predicted molar refractivity (Wildman–Crippen MR) is 74.1 cm³/mol. The Kier molecular flexibility index (Phi) is 4.59. The van der Waals surface area contributed by atoms with Crippen LogP contribution in [-0.4, -0.2) is 28.5 Å². The summed E-state index contributed by atoms with van der Waals surface area (Å²) in [5.74, 6) is -8.19. The standard InChI is InChI=1S/C16H10F8O2/c17-14(18,16(22,23)24)13(15(19,20)21,9-3-1-5-11(25)7-9)10-4-2-6-12(26)8-10/h1-8,25-26H. The quantitative estimate of drug-likeness (QED) is 0.717. The van der Waals surface area contributed by atoms with Crippen LogP contribution in [0.25, 0.3) is 0 Å². The molecule has 0 unspecified atom stereocenters. The highest BCUT2D eigenvalue weighted by atomic mass is 19.4. The maximum atomic E-state index is 14.4. The van der Waals surface area contributed by atoms with E-state index in [4.69, 9.17) is 0 Å². The van der Waals surface area contributed by atoms with Crippen molar-refractivity contribution in [1.82, 2.24) is 0 Å². The first-order valence-electron chi connectivity index (χ1n) is 6.85. The molecule has 2 rings (SSSR count). The maximum absolute atomic E-state index is 14.4. The number of phenolic OH excluding ortho intramolecular Hbond substituents is 2. The highest BCUT2D eigenvalue weighted by Crippen LogP contribution is 2.60. The summed E-state index contributed by atoms with van der Waals surface area (Å²) < 4.78 is 110. The second-order valence-corrected chi connectivity index (χ2v) is 5.42. The van der Waals surface area contributed by atoms with E-state index in [0.717, 1.165) is 12.1 Å². The van der Waals surface area contributed by atoms with E-state index in [1.807, 2.05) is 0 Å². The number of hydrogen-bond acceptors (Lipinski definition) is 2. The molecule has 0 saturated heterocycles. The SMILES string of the molecule is Oc1cccc(C(c2cccc(O)c2)(C(F)(F)F)C(F)(F)C(F)(F)F)c1. The number of halogens is 8. The number of alkyl halides is 8. The van der Waals surface area contributed by atoms with Crippen LogP contribution in [0.5, 0.6) is 11.5 Å². The summed E-state index contributed by atoms with van der Waals surface area (Å²) in [6.07, 6.45) is -12.7. The van der Waals surface area contributed by atoms with Crippen molar-refractivity contribution < 1.29 is 45.3 Å². The van der Waals surface area contributed by atoms with Gasteiger partial charge in [0.2, 0.25) is 0 Å². The normalized spacial score (nSPS) is 13.7. The van der Waals surface area contributed by atoms with Crippen LogP contribution in [0.1, 0.15) is 11.1 Å². The highest BCUT2D eigenvalue weighted by Gasteiger charge is 2.80. The molecule has 0 aromatic heterocycles. The van der Waals surface area contributed by atoms with Crippen molar-refractivity contribution in [3.05, 3.63) is 59.7 Å². The van der Waals surface area contributed by atoms with Gasteiger partial charge in [-0.25, -0.2) is 0 Å². The molecule has 2 nitrogen and oxygen atoms in total. The molecule has 0 fully saturated rings. The van der Waals surface area contributed by atoms with Crippen molar-refractivity contribution >= 4 is 0 Å². The first kappa shape index (κ1) is 19.8. The van der Waals surface area contributed by atoms with E-state index < -0.39 is 46.3 Å². The lowest BCUT2D eigenvalue weighted by atomic mass is 9.68. The Hall–Kier alpha value is -2.52. The topological polar surface area (TPSA) is 40.5 Å². The molecule has 0 heterocycles. The van der Waals surface area contributed by atoms with E-state index >= 15 is 0 Å². The zero-order valence-corrected chi connectivity index (χ0v) is 12.5. The first-order valence-corrected chi connectivity index (χ1v) is 6.85. The summed E-state index contributed by atoms with van der Waals surface area (Å²) in [6.45, 7) is 0. The largest absolute Gasteiger partial charge is 0.508 e. The van der Waals surface area contributed by atoms with Gasteiger partial charge in [0.1, 0.15) is 11.5 Å². The molecule has 0 aliphatic rings. The molecule has 10 heteroatoms. The molecule has 0 atom stereocenters. The lowest BCUT2D eigenvalue weighted by molar-refractivity contribution is -0.348. The number of rotatable bonds is 3. The molecular formula is C16H10F8O2. The highest BCUT2D eigenvalue weighted by molar-refractivity contribution is 5.49. The molecule has 142 valence electrons. The molecule has 0 spiro atoms. The van der Waals surface area contributed by atoms with Crippen molar-refractivity contribution in [3.63, 3.8) is 0 Å². The van der Waals surface area contributed by atoms with E-state index in [1.165, 1.54) is 0 Å². The van der Waals surface area contributed by atoms with Gasteiger partial charge in [0.15, 0.2) is 5.41 Å². The van der Waals surface area contributed by atoms with Crippen molar-refractivity contribution in [2.75, 3.05) is 0 Å². The zero-order chi connectivity index (χ0) is 20.0. The Bertz CT molecular complexity index is 750. The molecule has 2 N–H and O–H groups in total. The number of phenols is 2. The van der Waals surface area contributed by atoms with Gasteiger partial charge in [-0.05, 0) is 35.4 Å². The van der Waals surface area contributed by atoms with Gasteiger partial charge < -0.3 is 10.2 Å². The lowest BCUT2D eigenvalue weighted by Gasteiger charge is -2.43. The Morgan fingerprint density at radius 1 is 0.577 bits per heavy atom. The van der Waals surface area contributed by atoms with Crippen LogP contribution >= 0.6 is 0 Å². The Labute approximate surface area is 141 Å². The average Bonchev–Trinajstić information content (AvgIpc) is 2.45. The fourth-order valence-electron chi connectivity index (χ4n) is 2.73. The van der Waals surface area contributed by atoms with Gasteiger partial charge in [-0.15, -0.1) is 0 Å². The average molecular weight is 386 g/mol. The van der Waals surface area contributed by atoms with E-state index in [1.54, 1.807) is 0 Å². The van der Waals surface area contributed by atoms with Gasteiger partial charge in [-0.3, -0.25) is 0 Å². The Balaban J connectivity index is 3.05. The van der Waals surface area contributed by atoms with Gasteiger partial charge in [0.25, 0.3) is 0 Å². The van der Waals surface area contributed by atoms with Crippen LogP contribution < -0.4 is 0 Å². The number of aromatic hydroxyl groups is 2. The van der Waals surface area contributed by atoms with Crippen molar-refractivity contribution in [1.29, 1.82) is 0 Å². The van der Waals surface area contributed by atoms with Crippen molar-refractivity contribution in [3.8, 4) is 11.5 Å². The van der Waals surface area contributed by atoms with Crippen molar-refractivity contribution in [2.24, 2.45) is 0 Å². The molecule has 0 bridgehead atoms. The molecule has 0 aliphatic heterocycles. The Morgan fingerprint density at radius 2 is 0.962 bits per heavy atom. The molecule has 2 aromatic carbocycles. The second-order valence-electron chi connectivity index (χ2n) is 5.42. The maximum Gasteiger partial charge on any atom is 0.454 e. The third-order valence-electron chi connectivity index (χ3n) is 3.81. The second kappa shape index (κ2) is 6.03. The van der Waals surface area contributed by atoms with E-state index in [9.17, 15) is 45.3 Å². The minimum Gasteiger partial charge on any atom is -0.508 e. The molecule has 0 aliphatic carbocycles. The summed E-state index contributed by atoms with van der Waals surface area (Å²) in [7, 11) is 0. The predicted octanol–water partition coefficient (Wildman–Crippen LogP) is 5.14. The summed E-state index contributed by atoms with van der Waals surface area (Å²) >= 11 is 0. The molecule has 26 heavy (non-hydrogen) atoms. The van der Waals surface area contributed by atoms with E-state index in [0.29, 0.717) is 24.3 Å². The smallest absolute Gasteiger partial charge is 0.454 e. The van der Waals surface area contributed by atoms with Gasteiger partial charge in [0, 0.05) is 0 Å². The third-order valence-corrected chi connectivity index (χ3v) is 3.81. The summed E-state index contributed by atoms with van der Waals surface area (Å²) in [5, 5.41) is 18.7. The monoisotopic (exact) mass is 386 g/mol. The zero-order valence-electron chi connectivity index (χ0n) is 12.5. The van der Waals surface area contributed by atoms with Gasteiger partial charge in [0.05, 0.1) is 0 Å². The summed E-state index contributed by atoms with van der Waals surface area (Å²) in [5.41, 5.74) is -7.95. The molecular weight excluding hydrogens is 376 g/mol. The van der Waals surface area contributed by atoms with Crippen molar-refractivity contribution in [2.45, 2.75) is 23.7 Å². The minimum atomic E-state index is -6.58. The lowest BCUT2D eigenvalue weighted by Crippen LogP contribution is -2.62. The van der Waals surface area contributed by atoms with E-state index in [2.05, 4.69) is 0 Å². The molecule has 2 aromatic rings. The summed E-state index contributed by atoms with van der Waals surface area (Å²) in [6, 6.07) is 4.21. The minimum absolute atomic E-state index is 0.178. The number of hydrogen-bond donors (Lipinski definition) is 2. The van der Waals surface area contributed by atoms with Crippen LogP contribution in [-0.2, 0) is 5.41 Å². The fourth-order valence-corrected chi connectivity index (χ4v) is 2.73. The van der Waals surface area contributed by atoms with Gasteiger partial charge in [-0.2, -0.15) is 35.1 Å². The van der Waals surface area contributed by atoms with Crippen LogP contribution in [0.3, 0.4) is 0 Å². The van der Waals surface area contributed by atoms with Crippen LogP contribution in [0.4, 0.5) is 35.1 Å². The molecule has 0 amide bonds.